The predicted octanol–water partition coefficient (Wildman–Crippen LogP) is 2.66. The van der Waals surface area contributed by atoms with E-state index in [1.165, 1.54) is 0 Å². The number of aromatic nitrogens is 2. The van der Waals surface area contributed by atoms with Crippen LogP contribution in [-0.4, -0.2) is 28.0 Å². The number of hydrazine groups is 1. The van der Waals surface area contributed by atoms with Gasteiger partial charge in [-0.2, -0.15) is 0 Å². The SMILES string of the molecule is CC(C)C(NC(=O)CCC1C(C)NNC1C)c1nc2ccccc2[nH]1. The highest BCUT2D eigenvalue weighted by molar-refractivity contribution is 5.77. The van der Waals surface area contributed by atoms with Crippen LogP contribution in [0.15, 0.2) is 24.3 Å². The van der Waals surface area contributed by atoms with Crippen LogP contribution in [-0.2, 0) is 4.79 Å². The molecule has 6 heteroatoms. The van der Waals surface area contributed by atoms with Gasteiger partial charge in [0.25, 0.3) is 0 Å². The quantitative estimate of drug-likeness (QED) is 0.650. The molecule has 1 aliphatic heterocycles. The van der Waals surface area contributed by atoms with Crippen LogP contribution in [0.3, 0.4) is 0 Å². The van der Waals surface area contributed by atoms with Crippen LogP contribution in [0.5, 0.6) is 0 Å². The molecule has 3 unspecified atom stereocenters. The first-order chi connectivity index (χ1) is 12.0. The van der Waals surface area contributed by atoms with E-state index in [9.17, 15) is 4.79 Å². The minimum atomic E-state index is -0.102. The maximum atomic E-state index is 12.5. The molecule has 1 aromatic carbocycles. The van der Waals surface area contributed by atoms with Gasteiger partial charge in [0.15, 0.2) is 0 Å². The van der Waals surface area contributed by atoms with E-state index in [1.54, 1.807) is 0 Å². The number of imidazole rings is 1. The standard InChI is InChI=1S/C19H29N5O/c1-11(2)18(19-20-15-7-5-6-8-16(15)21-19)22-17(25)10-9-14-12(3)23-24-13(14)4/h5-8,11-14,18,23-24H,9-10H2,1-4H3,(H,20,21)(H,22,25). The van der Waals surface area contributed by atoms with Crippen molar-refractivity contribution >= 4 is 16.9 Å². The van der Waals surface area contributed by atoms with E-state index in [2.05, 4.69) is 53.8 Å². The van der Waals surface area contributed by atoms with E-state index in [-0.39, 0.29) is 17.9 Å². The summed E-state index contributed by atoms with van der Waals surface area (Å²) in [7, 11) is 0. The summed E-state index contributed by atoms with van der Waals surface area (Å²) in [5.41, 5.74) is 8.43. The molecule has 0 bridgehead atoms. The summed E-state index contributed by atoms with van der Waals surface area (Å²) in [4.78, 5) is 20.5. The molecule has 6 nitrogen and oxygen atoms in total. The second-order valence-corrected chi connectivity index (χ2v) is 7.50. The fourth-order valence-electron chi connectivity index (χ4n) is 3.62. The van der Waals surface area contributed by atoms with E-state index >= 15 is 0 Å². The molecule has 1 aromatic heterocycles. The molecular formula is C19H29N5O. The van der Waals surface area contributed by atoms with Crippen LogP contribution >= 0.6 is 0 Å². The lowest BCUT2D eigenvalue weighted by molar-refractivity contribution is -0.122. The topological polar surface area (TPSA) is 81.8 Å². The molecule has 0 spiro atoms. The fourth-order valence-corrected chi connectivity index (χ4v) is 3.62. The van der Waals surface area contributed by atoms with E-state index in [4.69, 9.17) is 0 Å². The van der Waals surface area contributed by atoms with E-state index in [1.807, 2.05) is 24.3 Å². The van der Waals surface area contributed by atoms with Crippen LogP contribution in [0.2, 0.25) is 0 Å². The largest absolute Gasteiger partial charge is 0.346 e. The number of carbonyl (C=O) groups excluding carboxylic acids is 1. The van der Waals surface area contributed by atoms with Gasteiger partial charge in [-0.05, 0) is 44.2 Å². The average molecular weight is 343 g/mol. The minimum absolute atomic E-state index is 0.0884. The molecule has 3 atom stereocenters. The van der Waals surface area contributed by atoms with E-state index in [0.29, 0.717) is 24.4 Å². The molecule has 0 radical (unpaired) electrons. The predicted molar refractivity (Wildman–Crippen MR) is 99.7 cm³/mol. The number of hydrogen-bond donors (Lipinski definition) is 4. The number of amides is 1. The maximum absolute atomic E-state index is 12.5. The summed E-state index contributed by atoms with van der Waals surface area (Å²) in [5.74, 6) is 1.65. The van der Waals surface area contributed by atoms with Gasteiger partial charge in [-0.3, -0.25) is 15.6 Å². The maximum Gasteiger partial charge on any atom is 0.220 e. The first-order valence-corrected chi connectivity index (χ1v) is 9.20. The second kappa shape index (κ2) is 7.54. The van der Waals surface area contributed by atoms with Crippen molar-refractivity contribution in [1.82, 2.24) is 26.1 Å². The zero-order chi connectivity index (χ0) is 18.0. The van der Waals surface area contributed by atoms with Gasteiger partial charge in [0, 0.05) is 18.5 Å². The Hall–Kier alpha value is -1.92. The molecule has 1 amide bonds. The molecule has 4 N–H and O–H groups in total. The highest BCUT2D eigenvalue weighted by Crippen LogP contribution is 2.24. The molecule has 0 saturated carbocycles. The summed E-state index contributed by atoms with van der Waals surface area (Å²) in [6, 6.07) is 8.62. The molecule has 25 heavy (non-hydrogen) atoms. The average Bonchev–Trinajstić information content (AvgIpc) is 3.14. The lowest BCUT2D eigenvalue weighted by atomic mass is 9.91. The Balaban J connectivity index is 1.64. The zero-order valence-corrected chi connectivity index (χ0v) is 15.5. The fraction of sp³-hybridized carbons (Fsp3) is 0.579. The van der Waals surface area contributed by atoms with Crippen molar-refractivity contribution < 1.29 is 4.79 Å². The summed E-state index contributed by atoms with van der Waals surface area (Å²) in [5, 5.41) is 3.17. The Morgan fingerprint density at radius 2 is 1.88 bits per heavy atom. The number of aromatic amines is 1. The van der Waals surface area contributed by atoms with E-state index in [0.717, 1.165) is 23.3 Å². The van der Waals surface area contributed by atoms with Crippen molar-refractivity contribution in [2.24, 2.45) is 11.8 Å². The van der Waals surface area contributed by atoms with Crippen LogP contribution in [0.25, 0.3) is 11.0 Å². The first-order valence-electron chi connectivity index (χ1n) is 9.20. The third-order valence-electron chi connectivity index (χ3n) is 5.21. The number of H-pyrrole nitrogens is 1. The highest BCUT2D eigenvalue weighted by Gasteiger charge is 2.30. The summed E-state index contributed by atoms with van der Waals surface area (Å²) >= 11 is 0. The van der Waals surface area contributed by atoms with Gasteiger partial charge in [-0.1, -0.05) is 26.0 Å². The number of nitrogens with one attached hydrogen (secondary N) is 4. The lowest BCUT2D eigenvalue weighted by Gasteiger charge is -2.22. The van der Waals surface area contributed by atoms with Crippen molar-refractivity contribution in [2.45, 2.75) is 58.7 Å². The van der Waals surface area contributed by atoms with Crippen LogP contribution in [0.4, 0.5) is 0 Å². The lowest BCUT2D eigenvalue weighted by Crippen LogP contribution is -2.33. The van der Waals surface area contributed by atoms with Crippen molar-refractivity contribution in [3.63, 3.8) is 0 Å². The number of rotatable bonds is 6. The minimum Gasteiger partial charge on any atom is -0.346 e. The molecule has 1 saturated heterocycles. The third-order valence-corrected chi connectivity index (χ3v) is 5.21. The summed E-state index contributed by atoms with van der Waals surface area (Å²) in [6.07, 6.45) is 1.41. The Morgan fingerprint density at radius 3 is 2.52 bits per heavy atom. The number of fused-ring (bicyclic) bond motifs is 1. The van der Waals surface area contributed by atoms with Gasteiger partial charge < -0.3 is 10.3 Å². The molecule has 136 valence electrons. The smallest absolute Gasteiger partial charge is 0.220 e. The van der Waals surface area contributed by atoms with Gasteiger partial charge >= 0.3 is 0 Å². The molecule has 3 rings (SSSR count). The van der Waals surface area contributed by atoms with Gasteiger partial charge in [0.05, 0.1) is 17.1 Å². The monoisotopic (exact) mass is 343 g/mol. The molecule has 0 aliphatic carbocycles. The van der Waals surface area contributed by atoms with E-state index < -0.39 is 0 Å². The Bertz CT molecular complexity index is 682. The van der Waals surface area contributed by atoms with Crippen LogP contribution < -0.4 is 16.2 Å². The molecule has 2 heterocycles. The Kier molecular flexibility index (Phi) is 5.39. The van der Waals surface area contributed by atoms with Gasteiger partial charge in [-0.15, -0.1) is 0 Å². The summed E-state index contributed by atoms with van der Waals surface area (Å²) in [6.45, 7) is 8.52. The highest BCUT2D eigenvalue weighted by atomic mass is 16.1. The number of nitrogens with zero attached hydrogens (tertiary/aromatic N) is 1. The zero-order valence-electron chi connectivity index (χ0n) is 15.5. The van der Waals surface area contributed by atoms with Crippen molar-refractivity contribution in [3.05, 3.63) is 30.1 Å². The molecule has 2 aromatic rings. The van der Waals surface area contributed by atoms with Gasteiger partial charge in [0.2, 0.25) is 5.91 Å². The van der Waals surface area contributed by atoms with Gasteiger partial charge in [-0.25, -0.2) is 4.98 Å². The molecular weight excluding hydrogens is 314 g/mol. The van der Waals surface area contributed by atoms with Gasteiger partial charge in [0.1, 0.15) is 5.82 Å². The normalized spacial score (nSPS) is 24.8. The third kappa shape index (κ3) is 4.02. The first kappa shape index (κ1) is 17.9. The Morgan fingerprint density at radius 1 is 1.20 bits per heavy atom. The van der Waals surface area contributed by atoms with Crippen molar-refractivity contribution in [2.75, 3.05) is 0 Å². The number of para-hydroxylation sites is 2. The van der Waals surface area contributed by atoms with Crippen LogP contribution in [0.1, 0.15) is 52.4 Å². The molecule has 1 fully saturated rings. The Labute approximate surface area is 149 Å². The number of benzene rings is 1. The number of hydrogen-bond acceptors (Lipinski definition) is 4. The van der Waals surface area contributed by atoms with Crippen molar-refractivity contribution in [1.29, 1.82) is 0 Å². The second-order valence-electron chi connectivity index (χ2n) is 7.50. The molecule has 1 aliphatic rings. The summed E-state index contributed by atoms with van der Waals surface area (Å²) < 4.78 is 0. The number of carbonyl (C=O) groups is 1. The van der Waals surface area contributed by atoms with Crippen molar-refractivity contribution in [3.8, 4) is 0 Å². The van der Waals surface area contributed by atoms with Crippen LogP contribution in [0, 0.1) is 11.8 Å².